The van der Waals surface area contributed by atoms with Gasteiger partial charge in [0.25, 0.3) is 5.91 Å². The fourth-order valence-electron chi connectivity index (χ4n) is 3.29. The summed E-state index contributed by atoms with van der Waals surface area (Å²) in [4.78, 5) is 13.7. The predicted octanol–water partition coefficient (Wildman–Crippen LogP) is 0.661. The van der Waals surface area contributed by atoms with Gasteiger partial charge in [0.15, 0.2) is 6.54 Å². The van der Waals surface area contributed by atoms with Crippen LogP contribution in [0, 0.1) is 0 Å². The van der Waals surface area contributed by atoms with Gasteiger partial charge < -0.3 is 10.2 Å². The van der Waals surface area contributed by atoms with E-state index in [-0.39, 0.29) is 11.9 Å². The summed E-state index contributed by atoms with van der Waals surface area (Å²) in [7, 11) is -3.43. The Morgan fingerprint density at radius 2 is 1.85 bits per heavy atom. The molecule has 6 nitrogen and oxygen atoms in total. The molecule has 1 amide bonds. The van der Waals surface area contributed by atoms with Crippen LogP contribution in [0.3, 0.4) is 0 Å². The SMILES string of the molecule is CCCCC[C@@H](C)NC(=O)C[NH+]1CCN(S(=O)(=O)c2ccccc2)CC1. The summed E-state index contributed by atoms with van der Waals surface area (Å²) >= 11 is 0. The van der Waals surface area contributed by atoms with E-state index in [0.29, 0.717) is 37.6 Å². The number of sulfonamides is 1. The zero-order valence-electron chi connectivity index (χ0n) is 15.9. The van der Waals surface area contributed by atoms with E-state index in [9.17, 15) is 13.2 Å². The van der Waals surface area contributed by atoms with E-state index >= 15 is 0 Å². The first-order valence-electron chi connectivity index (χ1n) is 9.61. The van der Waals surface area contributed by atoms with Gasteiger partial charge in [-0.2, -0.15) is 4.31 Å². The van der Waals surface area contributed by atoms with Gasteiger partial charge in [0.2, 0.25) is 10.0 Å². The van der Waals surface area contributed by atoms with E-state index in [0.717, 1.165) is 17.7 Å². The molecular weight excluding hydrogens is 350 g/mol. The maximum Gasteiger partial charge on any atom is 0.275 e. The lowest BCUT2D eigenvalue weighted by atomic mass is 10.1. The van der Waals surface area contributed by atoms with Crippen molar-refractivity contribution >= 4 is 15.9 Å². The van der Waals surface area contributed by atoms with Gasteiger partial charge in [0.1, 0.15) is 0 Å². The van der Waals surface area contributed by atoms with Crippen molar-refractivity contribution in [3.63, 3.8) is 0 Å². The smallest absolute Gasteiger partial charge is 0.275 e. The molecule has 1 aliphatic rings. The number of amides is 1. The summed E-state index contributed by atoms with van der Waals surface area (Å²) < 4.78 is 26.8. The molecule has 1 aromatic rings. The molecule has 0 unspecified atom stereocenters. The molecule has 2 rings (SSSR count). The molecule has 0 aliphatic carbocycles. The Morgan fingerprint density at radius 3 is 2.46 bits per heavy atom. The van der Waals surface area contributed by atoms with Crippen molar-refractivity contribution in [3.8, 4) is 0 Å². The molecule has 0 spiro atoms. The number of nitrogens with one attached hydrogen (secondary N) is 2. The molecule has 1 heterocycles. The number of carbonyl (C=O) groups is 1. The molecule has 0 aromatic heterocycles. The zero-order chi connectivity index (χ0) is 19.0. The molecule has 0 bridgehead atoms. The summed E-state index contributed by atoms with van der Waals surface area (Å²) in [6.45, 7) is 6.85. The van der Waals surface area contributed by atoms with Gasteiger partial charge in [-0.1, -0.05) is 44.4 Å². The van der Waals surface area contributed by atoms with Gasteiger partial charge in [-0.3, -0.25) is 4.79 Å². The highest BCUT2D eigenvalue weighted by molar-refractivity contribution is 7.89. The number of nitrogens with zero attached hydrogens (tertiary/aromatic N) is 1. The maximum absolute atomic E-state index is 12.6. The molecule has 1 atom stereocenters. The largest absolute Gasteiger partial charge is 0.349 e. The molecule has 1 fully saturated rings. The van der Waals surface area contributed by atoms with Crippen molar-refractivity contribution in [1.29, 1.82) is 0 Å². The maximum atomic E-state index is 12.6. The standard InChI is InChI=1S/C19H31N3O3S/c1-3-4-6-9-17(2)20-19(23)16-21-12-14-22(15-13-21)26(24,25)18-10-7-5-8-11-18/h5,7-8,10-11,17H,3-4,6,9,12-16H2,1-2H3,(H,20,23)/p+1/t17-/m1/s1. The molecule has 0 radical (unpaired) electrons. The topological polar surface area (TPSA) is 70.9 Å². The Bertz CT molecular complexity index is 656. The minimum Gasteiger partial charge on any atom is -0.349 e. The lowest BCUT2D eigenvalue weighted by Gasteiger charge is -2.31. The molecule has 7 heteroatoms. The number of rotatable bonds is 9. The Morgan fingerprint density at radius 1 is 1.19 bits per heavy atom. The van der Waals surface area contributed by atoms with Crippen LogP contribution in [0.1, 0.15) is 39.5 Å². The van der Waals surface area contributed by atoms with Crippen molar-refractivity contribution in [3.05, 3.63) is 30.3 Å². The average molecular weight is 383 g/mol. The molecule has 146 valence electrons. The van der Waals surface area contributed by atoms with Gasteiger partial charge in [-0.05, 0) is 25.5 Å². The first-order chi connectivity index (χ1) is 12.4. The monoisotopic (exact) mass is 382 g/mol. The Labute approximate surface area is 157 Å². The number of carbonyl (C=O) groups excluding carboxylic acids is 1. The lowest BCUT2D eigenvalue weighted by Crippen LogP contribution is -3.15. The van der Waals surface area contributed by atoms with Crippen LogP contribution in [0.4, 0.5) is 0 Å². The summed E-state index contributed by atoms with van der Waals surface area (Å²) in [6, 6.07) is 8.74. The molecular formula is C19H32N3O3S+. The minimum atomic E-state index is -3.43. The molecule has 0 saturated carbocycles. The fourth-order valence-corrected chi connectivity index (χ4v) is 4.75. The van der Waals surface area contributed by atoms with Gasteiger partial charge in [-0.25, -0.2) is 8.42 Å². The molecule has 1 aromatic carbocycles. The normalized spacial score (nSPS) is 17.8. The third kappa shape index (κ3) is 6.07. The van der Waals surface area contributed by atoms with Crippen molar-refractivity contribution in [2.24, 2.45) is 0 Å². The fraction of sp³-hybridized carbons (Fsp3) is 0.632. The van der Waals surface area contributed by atoms with Gasteiger partial charge in [0, 0.05) is 6.04 Å². The van der Waals surface area contributed by atoms with Crippen LogP contribution in [0.5, 0.6) is 0 Å². The number of hydrogen-bond acceptors (Lipinski definition) is 3. The molecule has 1 aliphatic heterocycles. The highest BCUT2D eigenvalue weighted by Crippen LogP contribution is 2.14. The molecule has 2 N–H and O–H groups in total. The zero-order valence-corrected chi connectivity index (χ0v) is 16.7. The lowest BCUT2D eigenvalue weighted by molar-refractivity contribution is -0.895. The van der Waals surface area contributed by atoms with Crippen molar-refractivity contribution < 1.29 is 18.1 Å². The second kappa shape index (κ2) is 10.0. The number of unbranched alkanes of at least 4 members (excludes halogenated alkanes) is 2. The molecule has 1 saturated heterocycles. The van der Waals surface area contributed by atoms with E-state index in [1.165, 1.54) is 17.1 Å². The molecule has 26 heavy (non-hydrogen) atoms. The highest BCUT2D eigenvalue weighted by Gasteiger charge is 2.31. The van der Waals surface area contributed by atoms with E-state index in [2.05, 4.69) is 12.2 Å². The minimum absolute atomic E-state index is 0.0587. The average Bonchev–Trinajstić information content (AvgIpc) is 2.63. The van der Waals surface area contributed by atoms with E-state index in [1.807, 2.05) is 13.0 Å². The first kappa shape index (κ1) is 20.9. The first-order valence-corrected chi connectivity index (χ1v) is 11.1. The summed E-state index contributed by atoms with van der Waals surface area (Å²) in [5, 5.41) is 3.06. The van der Waals surface area contributed by atoms with Gasteiger partial charge >= 0.3 is 0 Å². The third-order valence-corrected chi connectivity index (χ3v) is 6.78. The van der Waals surface area contributed by atoms with Crippen molar-refractivity contribution in [2.45, 2.75) is 50.5 Å². The number of piperazine rings is 1. The Kier molecular flexibility index (Phi) is 8.06. The third-order valence-electron chi connectivity index (χ3n) is 4.87. The van der Waals surface area contributed by atoms with E-state index in [1.54, 1.807) is 24.3 Å². The van der Waals surface area contributed by atoms with Crippen LogP contribution >= 0.6 is 0 Å². The summed E-state index contributed by atoms with van der Waals surface area (Å²) in [5.74, 6) is 0.0587. The van der Waals surface area contributed by atoms with Crippen LogP contribution < -0.4 is 10.2 Å². The highest BCUT2D eigenvalue weighted by atomic mass is 32.2. The quantitative estimate of drug-likeness (QED) is 0.617. The Balaban J connectivity index is 1.77. The summed E-state index contributed by atoms with van der Waals surface area (Å²) in [6.07, 6.45) is 4.53. The van der Waals surface area contributed by atoms with Crippen LogP contribution in [0.2, 0.25) is 0 Å². The van der Waals surface area contributed by atoms with Crippen LogP contribution in [0.25, 0.3) is 0 Å². The van der Waals surface area contributed by atoms with Crippen LogP contribution in [-0.2, 0) is 14.8 Å². The van der Waals surface area contributed by atoms with Crippen LogP contribution in [0.15, 0.2) is 35.2 Å². The number of benzene rings is 1. The second-order valence-electron chi connectivity index (χ2n) is 7.11. The van der Waals surface area contributed by atoms with E-state index in [4.69, 9.17) is 0 Å². The van der Waals surface area contributed by atoms with Crippen molar-refractivity contribution in [2.75, 3.05) is 32.7 Å². The number of quaternary nitrogens is 1. The number of hydrogen-bond donors (Lipinski definition) is 2. The van der Waals surface area contributed by atoms with Crippen LogP contribution in [-0.4, -0.2) is 57.4 Å². The van der Waals surface area contributed by atoms with Gasteiger partial charge in [-0.15, -0.1) is 0 Å². The van der Waals surface area contributed by atoms with Gasteiger partial charge in [0.05, 0.1) is 31.1 Å². The second-order valence-corrected chi connectivity index (χ2v) is 9.05. The van der Waals surface area contributed by atoms with Crippen molar-refractivity contribution in [1.82, 2.24) is 9.62 Å². The predicted molar refractivity (Wildman–Crippen MR) is 103 cm³/mol. The Hall–Kier alpha value is -1.44. The van der Waals surface area contributed by atoms with E-state index < -0.39 is 10.0 Å². The summed E-state index contributed by atoms with van der Waals surface area (Å²) in [5.41, 5.74) is 0.